The Morgan fingerprint density at radius 2 is 1.83 bits per heavy atom. The Kier molecular flexibility index (Phi) is 4.02. The largest absolute Gasteiger partial charge is 0.490 e. The molecule has 0 spiro atoms. The van der Waals surface area contributed by atoms with Gasteiger partial charge in [-0.05, 0) is 42.8 Å². The van der Waals surface area contributed by atoms with Crippen LogP contribution in [0.4, 0.5) is 5.69 Å². The zero-order chi connectivity index (χ0) is 16.4. The van der Waals surface area contributed by atoms with E-state index in [2.05, 4.69) is 4.90 Å². The zero-order valence-corrected chi connectivity index (χ0v) is 12.8. The predicted molar refractivity (Wildman–Crippen MR) is 86.4 cm³/mol. The summed E-state index contributed by atoms with van der Waals surface area (Å²) in [6.45, 7) is 3.48. The molecule has 1 aliphatic heterocycles. The fraction of sp³-hybridized carbons (Fsp3) is 0.222. The van der Waals surface area contributed by atoms with Gasteiger partial charge in [0.05, 0.1) is 17.8 Å². The minimum absolute atomic E-state index is 0.0177. The Labute approximate surface area is 134 Å². The molecule has 0 saturated heterocycles. The van der Waals surface area contributed by atoms with Crippen molar-refractivity contribution in [2.75, 3.05) is 18.1 Å². The number of carboxylic acid groups (broad SMARTS) is 1. The topological polar surface area (TPSA) is 66.8 Å². The maximum atomic E-state index is 11.6. The first kappa shape index (κ1) is 15.1. The number of nitrogens with zero attached hydrogens (tertiary/aromatic N) is 1. The van der Waals surface area contributed by atoms with Crippen molar-refractivity contribution in [3.63, 3.8) is 0 Å². The van der Waals surface area contributed by atoms with Crippen LogP contribution in [0.5, 0.6) is 5.75 Å². The number of carbonyl (C=O) groups excluding carboxylic acids is 1. The number of Topliss-reactive ketones (excluding diaryl/α,β-unsaturated/α-hetero) is 1. The highest BCUT2D eigenvalue weighted by Gasteiger charge is 2.19. The number of rotatable bonds is 4. The molecule has 118 valence electrons. The first-order valence-electron chi connectivity index (χ1n) is 7.39. The molecule has 0 fully saturated rings. The second kappa shape index (κ2) is 6.12. The van der Waals surface area contributed by atoms with Crippen LogP contribution in [0.1, 0.15) is 33.2 Å². The van der Waals surface area contributed by atoms with Gasteiger partial charge in [-0.15, -0.1) is 0 Å². The summed E-state index contributed by atoms with van der Waals surface area (Å²) >= 11 is 0. The molecule has 0 aliphatic carbocycles. The van der Waals surface area contributed by atoms with Crippen LogP contribution < -0.4 is 9.64 Å². The summed E-state index contributed by atoms with van der Waals surface area (Å²) in [5.74, 6) is -0.146. The van der Waals surface area contributed by atoms with Crippen LogP contribution in [-0.2, 0) is 6.54 Å². The minimum atomic E-state index is -0.931. The monoisotopic (exact) mass is 311 g/mol. The molecule has 1 N–H and O–H groups in total. The lowest BCUT2D eigenvalue weighted by molar-refractivity contribution is 0.0696. The van der Waals surface area contributed by atoms with Gasteiger partial charge in [-0.1, -0.05) is 12.1 Å². The van der Waals surface area contributed by atoms with Crippen LogP contribution in [0, 0.1) is 0 Å². The number of ketones is 1. The first-order valence-corrected chi connectivity index (χ1v) is 7.39. The summed E-state index contributed by atoms with van der Waals surface area (Å²) in [6, 6.07) is 12.3. The van der Waals surface area contributed by atoms with E-state index in [1.54, 1.807) is 25.1 Å². The van der Waals surface area contributed by atoms with Gasteiger partial charge in [0.25, 0.3) is 0 Å². The number of hydrogen-bond donors (Lipinski definition) is 1. The van der Waals surface area contributed by atoms with Gasteiger partial charge in [-0.25, -0.2) is 4.79 Å². The summed E-state index contributed by atoms with van der Waals surface area (Å²) in [5.41, 5.74) is 2.83. The van der Waals surface area contributed by atoms with Crippen LogP contribution in [0.25, 0.3) is 0 Å². The SMILES string of the molecule is CC(=O)c1ccc2c(c1)N(Cc1ccc(C(=O)O)cc1)CCO2. The van der Waals surface area contributed by atoms with Crippen molar-refractivity contribution in [2.24, 2.45) is 0 Å². The van der Waals surface area contributed by atoms with Gasteiger partial charge in [-0.3, -0.25) is 4.79 Å². The maximum Gasteiger partial charge on any atom is 0.335 e. The smallest absolute Gasteiger partial charge is 0.335 e. The second-order valence-electron chi connectivity index (χ2n) is 5.51. The van der Waals surface area contributed by atoms with Crippen LogP contribution in [0.2, 0.25) is 0 Å². The van der Waals surface area contributed by atoms with Gasteiger partial charge in [0, 0.05) is 12.1 Å². The lowest BCUT2D eigenvalue weighted by atomic mass is 10.1. The van der Waals surface area contributed by atoms with E-state index in [0.717, 1.165) is 23.5 Å². The molecule has 0 radical (unpaired) electrons. The van der Waals surface area contributed by atoms with Gasteiger partial charge in [0.15, 0.2) is 5.78 Å². The fourth-order valence-corrected chi connectivity index (χ4v) is 2.63. The van der Waals surface area contributed by atoms with Crippen molar-refractivity contribution in [3.8, 4) is 5.75 Å². The molecule has 3 rings (SSSR count). The first-order chi connectivity index (χ1) is 11.0. The molecule has 0 amide bonds. The minimum Gasteiger partial charge on any atom is -0.490 e. The van der Waals surface area contributed by atoms with E-state index in [4.69, 9.17) is 9.84 Å². The van der Waals surface area contributed by atoms with E-state index in [1.807, 2.05) is 24.3 Å². The third kappa shape index (κ3) is 3.18. The van der Waals surface area contributed by atoms with Crippen molar-refractivity contribution in [2.45, 2.75) is 13.5 Å². The van der Waals surface area contributed by atoms with Crippen molar-refractivity contribution in [3.05, 3.63) is 59.2 Å². The Hall–Kier alpha value is -2.82. The summed E-state index contributed by atoms with van der Waals surface area (Å²) in [5, 5.41) is 8.95. The Balaban J connectivity index is 1.86. The van der Waals surface area contributed by atoms with E-state index in [9.17, 15) is 9.59 Å². The molecule has 0 saturated carbocycles. The van der Waals surface area contributed by atoms with Gasteiger partial charge >= 0.3 is 5.97 Å². The van der Waals surface area contributed by atoms with Gasteiger partial charge in [0.1, 0.15) is 12.4 Å². The standard InChI is InChI=1S/C18H17NO4/c1-12(20)15-6-7-17-16(10-15)19(8-9-23-17)11-13-2-4-14(5-3-13)18(21)22/h2-7,10H,8-9,11H2,1H3,(H,21,22). The number of hydrogen-bond acceptors (Lipinski definition) is 4. The zero-order valence-electron chi connectivity index (χ0n) is 12.8. The third-order valence-electron chi connectivity index (χ3n) is 3.90. The Morgan fingerprint density at radius 3 is 2.48 bits per heavy atom. The number of carboxylic acids is 1. The van der Waals surface area contributed by atoms with E-state index in [0.29, 0.717) is 18.7 Å². The lowest BCUT2D eigenvalue weighted by Crippen LogP contribution is -2.32. The highest BCUT2D eigenvalue weighted by molar-refractivity contribution is 5.95. The number of fused-ring (bicyclic) bond motifs is 1. The summed E-state index contributed by atoms with van der Waals surface area (Å²) < 4.78 is 5.65. The quantitative estimate of drug-likeness (QED) is 0.879. The van der Waals surface area contributed by atoms with E-state index in [1.165, 1.54) is 0 Å². The predicted octanol–water partition coefficient (Wildman–Crippen LogP) is 2.99. The molecule has 1 aliphatic rings. The summed E-state index contributed by atoms with van der Waals surface area (Å²) in [4.78, 5) is 24.6. The van der Waals surface area contributed by atoms with Crippen molar-refractivity contribution >= 4 is 17.4 Å². The van der Waals surface area contributed by atoms with Crippen LogP contribution in [0.3, 0.4) is 0 Å². The molecule has 1 heterocycles. The normalized spacial score (nSPS) is 13.2. The number of aromatic carboxylic acids is 1. The lowest BCUT2D eigenvalue weighted by Gasteiger charge is -2.31. The van der Waals surface area contributed by atoms with Gasteiger partial charge in [-0.2, -0.15) is 0 Å². The summed E-state index contributed by atoms with van der Waals surface area (Å²) in [6.07, 6.45) is 0. The molecular weight excluding hydrogens is 294 g/mol. The molecule has 5 nitrogen and oxygen atoms in total. The molecule has 0 aromatic heterocycles. The molecule has 0 unspecified atom stereocenters. The highest BCUT2D eigenvalue weighted by atomic mass is 16.5. The van der Waals surface area contributed by atoms with Crippen LogP contribution in [0.15, 0.2) is 42.5 Å². The van der Waals surface area contributed by atoms with Gasteiger partial charge < -0.3 is 14.7 Å². The average molecular weight is 311 g/mol. The van der Waals surface area contributed by atoms with Crippen molar-refractivity contribution in [1.29, 1.82) is 0 Å². The second-order valence-corrected chi connectivity index (χ2v) is 5.51. The van der Waals surface area contributed by atoms with Crippen LogP contribution in [-0.4, -0.2) is 30.0 Å². The maximum absolute atomic E-state index is 11.6. The molecular formula is C18H17NO4. The highest BCUT2D eigenvalue weighted by Crippen LogP contribution is 2.33. The van der Waals surface area contributed by atoms with E-state index >= 15 is 0 Å². The number of carbonyl (C=O) groups is 2. The average Bonchev–Trinajstić information content (AvgIpc) is 2.55. The molecule has 5 heteroatoms. The molecule has 0 bridgehead atoms. The Morgan fingerprint density at radius 1 is 1.13 bits per heavy atom. The fourth-order valence-electron chi connectivity index (χ4n) is 2.63. The van der Waals surface area contributed by atoms with Crippen molar-refractivity contribution in [1.82, 2.24) is 0 Å². The van der Waals surface area contributed by atoms with Crippen molar-refractivity contribution < 1.29 is 19.4 Å². The molecule has 2 aromatic carbocycles. The van der Waals surface area contributed by atoms with Crippen LogP contribution >= 0.6 is 0 Å². The number of ether oxygens (including phenoxy) is 1. The summed E-state index contributed by atoms with van der Waals surface area (Å²) in [7, 11) is 0. The van der Waals surface area contributed by atoms with Gasteiger partial charge in [0.2, 0.25) is 0 Å². The van der Waals surface area contributed by atoms with E-state index in [-0.39, 0.29) is 11.3 Å². The number of anilines is 1. The molecule has 0 atom stereocenters. The molecule has 23 heavy (non-hydrogen) atoms. The van der Waals surface area contributed by atoms with E-state index < -0.39 is 5.97 Å². The molecule has 2 aromatic rings. The number of benzene rings is 2. The third-order valence-corrected chi connectivity index (χ3v) is 3.90. The Bertz CT molecular complexity index is 752.